The zero-order valence-electron chi connectivity index (χ0n) is 10.4. The fraction of sp³-hybridized carbons (Fsp3) is 0.214. The van der Waals surface area contributed by atoms with Gasteiger partial charge < -0.3 is 9.47 Å². The first-order valence-corrected chi connectivity index (χ1v) is 5.60. The molecule has 0 aliphatic heterocycles. The number of allylic oxidation sites excluding steroid dienone is 1. The monoisotopic (exact) mass is 256 g/mol. The average Bonchev–Trinajstić information content (AvgIpc) is 2.44. The molecular weight excluding hydrogens is 244 g/mol. The maximum absolute atomic E-state index is 11.1. The first-order valence-electron chi connectivity index (χ1n) is 5.60. The molecule has 0 N–H and O–H groups in total. The van der Waals surface area contributed by atoms with Gasteiger partial charge in [0, 0.05) is 0 Å². The van der Waals surface area contributed by atoms with Gasteiger partial charge in [-0.3, -0.25) is 0 Å². The van der Waals surface area contributed by atoms with E-state index in [-0.39, 0.29) is 12.2 Å². The summed E-state index contributed by atoms with van der Waals surface area (Å²) in [6, 6.07) is 10.2. The van der Waals surface area contributed by atoms with Crippen LogP contribution in [0.1, 0.15) is 12.5 Å². The quantitative estimate of drug-likeness (QED) is 0.594. The minimum absolute atomic E-state index is 0.0280. The van der Waals surface area contributed by atoms with E-state index in [1.807, 2.05) is 0 Å². The van der Waals surface area contributed by atoms with Crippen LogP contribution in [0.2, 0.25) is 0 Å². The van der Waals surface area contributed by atoms with Crippen LogP contribution >= 0.6 is 0 Å². The van der Waals surface area contributed by atoms with Crippen molar-refractivity contribution < 1.29 is 14.3 Å². The van der Waals surface area contributed by atoms with Gasteiger partial charge in [-0.25, -0.2) is 4.79 Å². The summed E-state index contributed by atoms with van der Waals surface area (Å²) in [5, 5.41) is 17.2. The highest BCUT2D eigenvalue weighted by molar-refractivity contribution is 5.71. The van der Waals surface area contributed by atoms with Gasteiger partial charge in [-0.1, -0.05) is 12.1 Å². The first-order chi connectivity index (χ1) is 9.19. The molecule has 1 aromatic rings. The number of rotatable bonds is 5. The molecule has 0 aromatic heterocycles. The Balaban J connectivity index is 2.63. The number of nitriles is 2. The summed E-state index contributed by atoms with van der Waals surface area (Å²) in [4.78, 5) is 11.1. The second kappa shape index (κ2) is 7.52. The van der Waals surface area contributed by atoms with Crippen LogP contribution in [0.5, 0.6) is 5.75 Å². The molecule has 0 amide bonds. The third kappa shape index (κ3) is 4.93. The van der Waals surface area contributed by atoms with E-state index in [4.69, 9.17) is 20.0 Å². The fourth-order valence-corrected chi connectivity index (χ4v) is 1.26. The molecule has 0 spiro atoms. The van der Waals surface area contributed by atoms with Crippen molar-refractivity contribution in [3.8, 4) is 17.9 Å². The van der Waals surface area contributed by atoms with E-state index in [1.165, 1.54) is 6.08 Å². The van der Waals surface area contributed by atoms with Crippen LogP contribution in [-0.4, -0.2) is 19.2 Å². The third-order valence-corrected chi connectivity index (χ3v) is 2.09. The highest BCUT2D eigenvalue weighted by Crippen LogP contribution is 2.14. The molecule has 1 rings (SSSR count). The number of nitrogens with zero attached hydrogens (tertiary/aromatic N) is 2. The number of esters is 1. The molecule has 0 bridgehead atoms. The predicted molar refractivity (Wildman–Crippen MR) is 67.8 cm³/mol. The number of hydrogen-bond acceptors (Lipinski definition) is 5. The zero-order chi connectivity index (χ0) is 14.1. The highest BCUT2D eigenvalue weighted by Gasteiger charge is 2.02. The Labute approximate surface area is 111 Å². The fourth-order valence-electron chi connectivity index (χ4n) is 1.26. The van der Waals surface area contributed by atoms with Gasteiger partial charge in [0.2, 0.25) is 0 Å². The van der Waals surface area contributed by atoms with Gasteiger partial charge in [0.25, 0.3) is 0 Å². The normalized spacial score (nSPS) is 8.79. The predicted octanol–water partition coefficient (Wildman–Crippen LogP) is 2.06. The summed E-state index contributed by atoms with van der Waals surface area (Å²) in [6.45, 7) is 1.89. The second-order valence-corrected chi connectivity index (χ2v) is 3.44. The van der Waals surface area contributed by atoms with Gasteiger partial charge in [0.1, 0.15) is 23.5 Å². The molecule has 96 valence electrons. The van der Waals surface area contributed by atoms with E-state index in [0.717, 1.165) is 0 Å². The summed E-state index contributed by atoms with van der Waals surface area (Å²) < 4.78 is 9.93. The molecule has 5 nitrogen and oxygen atoms in total. The molecule has 0 aliphatic rings. The van der Waals surface area contributed by atoms with Crippen molar-refractivity contribution in [1.82, 2.24) is 0 Å². The van der Waals surface area contributed by atoms with Gasteiger partial charge in [-0.2, -0.15) is 10.5 Å². The van der Waals surface area contributed by atoms with Crippen molar-refractivity contribution in [2.24, 2.45) is 0 Å². The Bertz CT molecular complexity index is 532. The van der Waals surface area contributed by atoms with Gasteiger partial charge in [-0.05, 0) is 30.7 Å². The molecule has 0 heterocycles. The van der Waals surface area contributed by atoms with Crippen LogP contribution in [0.4, 0.5) is 0 Å². The van der Waals surface area contributed by atoms with Crippen molar-refractivity contribution in [2.75, 3.05) is 13.2 Å². The molecule has 0 saturated carbocycles. The maximum Gasteiger partial charge on any atom is 0.344 e. The smallest absolute Gasteiger partial charge is 0.344 e. The van der Waals surface area contributed by atoms with Gasteiger partial charge in [0.15, 0.2) is 6.61 Å². The van der Waals surface area contributed by atoms with Crippen LogP contribution in [0.15, 0.2) is 29.8 Å². The summed E-state index contributed by atoms with van der Waals surface area (Å²) in [5.74, 6) is 0.0865. The molecule has 0 aliphatic carbocycles. The van der Waals surface area contributed by atoms with E-state index in [9.17, 15) is 4.79 Å². The van der Waals surface area contributed by atoms with Crippen molar-refractivity contribution >= 4 is 12.0 Å². The number of ether oxygens (including phenoxy) is 2. The van der Waals surface area contributed by atoms with Gasteiger partial charge in [0.05, 0.1) is 6.61 Å². The lowest BCUT2D eigenvalue weighted by molar-refractivity contribution is -0.145. The standard InChI is InChI=1S/C14H12N2O3/c1-2-18-14(17)10-19-13-5-3-11(4-6-13)7-12(8-15)9-16/h3-7H,2,10H2,1H3. The lowest BCUT2D eigenvalue weighted by Gasteiger charge is -2.05. The molecule has 19 heavy (non-hydrogen) atoms. The molecule has 0 unspecified atom stereocenters. The average molecular weight is 256 g/mol. The number of carbonyl (C=O) groups excluding carboxylic acids is 1. The van der Waals surface area contributed by atoms with Crippen molar-refractivity contribution in [1.29, 1.82) is 10.5 Å². The summed E-state index contributed by atoms with van der Waals surface area (Å²) >= 11 is 0. The van der Waals surface area contributed by atoms with Crippen molar-refractivity contribution in [3.05, 3.63) is 35.4 Å². The molecule has 0 atom stereocenters. The Kier molecular flexibility index (Phi) is 5.65. The lowest BCUT2D eigenvalue weighted by atomic mass is 10.1. The molecular formula is C14H12N2O3. The number of carbonyl (C=O) groups is 1. The number of hydrogen-bond donors (Lipinski definition) is 0. The molecule has 1 aromatic carbocycles. The largest absolute Gasteiger partial charge is 0.482 e. The van der Waals surface area contributed by atoms with Gasteiger partial charge in [-0.15, -0.1) is 0 Å². The molecule has 0 saturated heterocycles. The zero-order valence-corrected chi connectivity index (χ0v) is 10.4. The van der Waals surface area contributed by atoms with E-state index in [2.05, 4.69) is 0 Å². The highest BCUT2D eigenvalue weighted by atomic mass is 16.6. The summed E-state index contributed by atoms with van der Waals surface area (Å²) in [6.07, 6.45) is 1.47. The van der Waals surface area contributed by atoms with Gasteiger partial charge >= 0.3 is 5.97 Å². The Hall–Kier alpha value is -2.79. The Morgan fingerprint density at radius 1 is 1.26 bits per heavy atom. The van der Waals surface area contributed by atoms with E-state index in [0.29, 0.717) is 17.9 Å². The van der Waals surface area contributed by atoms with Crippen LogP contribution in [0, 0.1) is 22.7 Å². The molecule has 0 fully saturated rings. The lowest BCUT2D eigenvalue weighted by Crippen LogP contribution is -2.14. The summed E-state index contributed by atoms with van der Waals surface area (Å²) in [7, 11) is 0. The molecule has 0 radical (unpaired) electrons. The van der Waals surface area contributed by atoms with E-state index < -0.39 is 5.97 Å². The SMILES string of the molecule is CCOC(=O)COc1ccc(C=C(C#N)C#N)cc1. The first kappa shape index (κ1) is 14.3. The number of benzene rings is 1. The van der Waals surface area contributed by atoms with Crippen LogP contribution in [0.25, 0.3) is 6.08 Å². The van der Waals surface area contributed by atoms with Crippen molar-refractivity contribution in [3.63, 3.8) is 0 Å². The topological polar surface area (TPSA) is 83.1 Å². The third-order valence-electron chi connectivity index (χ3n) is 2.09. The van der Waals surface area contributed by atoms with E-state index in [1.54, 1.807) is 43.3 Å². The van der Waals surface area contributed by atoms with E-state index >= 15 is 0 Å². The minimum Gasteiger partial charge on any atom is -0.482 e. The van der Waals surface area contributed by atoms with Crippen LogP contribution in [0.3, 0.4) is 0 Å². The summed E-state index contributed by atoms with van der Waals surface area (Å²) in [5.41, 5.74) is 0.738. The minimum atomic E-state index is -0.428. The molecule has 5 heteroatoms. The van der Waals surface area contributed by atoms with Crippen molar-refractivity contribution in [2.45, 2.75) is 6.92 Å². The Morgan fingerprint density at radius 3 is 2.42 bits per heavy atom. The second-order valence-electron chi connectivity index (χ2n) is 3.44. The van der Waals surface area contributed by atoms with Crippen LogP contribution in [-0.2, 0) is 9.53 Å². The maximum atomic E-state index is 11.1. The Morgan fingerprint density at radius 2 is 1.89 bits per heavy atom. The van der Waals surface area contributed by atoms with Crippen LogP contribution < -0.4 is 4.74 Å².